The van der Waals surface area contributed by atoms with E-state index in [-0.39, 0.29) is 6.42 Å². The van der Waals surface area contributed by atoms with Gasteiger partial charge >= 0.3 is 0 Å². The highest BCUT2D eigenvalue weighted by Gasteiger charge is 2.39. The second-order valence-corrected chi connectivity index (χ2v) is 3.22. The van der Waals surface area contributed by atoms with E-state index in [4.69, 9.17) is 5.11 Å². The highest BCUT2D eigenvalue weighted by atomic mass is 19.3. The molecule has 1 fully saturated rings. The Bertz CT molecular complexity index is 119. The highest BCUT2D eigenvalue weighted by molar-refractivity contribution is 4.80. The number of alkyl halides is 2. The van der Waals surface area contributed by atoms with Crippen molar-refractivity contribution in [3.8, 4) is 0 Å². The Morgan fingerprint density at radius 1 is 1.27 bits per heavy atom. The van der Waals surface area contributed by atoms with Crippen LogP contribution in [-0.4, -0.2) is 17.6 Å². The SMILES string of the molecule is OCCC(F)(F)C1CCCC1. The zero-order valence-electron chi connectivity index (χ0n) is 6.52. The maximum absolute atomic E-state index is 13.0. The standard InChI is InChI=1S/C8H14F2O/c9-8(10,5-6-11)7-3-1-2-4-7/h7,11H,1-6H2. The summed E-state index contributed by atoms with van der Waals surface area (Å²) < 4.78 is 25.9. The molecule has 1 saturated carbocycles. The van der Waals surface area contributed by atoms with Gasteiger partial charge in [-0.1, -0.05) is 12.8 Å². The summed E-state index contributed by atoms with van der Waals surface area (Å²) in [6.45, 7) is -0.399. The molecule has 0 saturated heterocycles. The normalized spacial score (nSPS) is 21.0. The highest BCUT2D eigenvalue weighted by Crippen LogP contribution is 2.39. The van der Waals surface area contributed by atoms with Gasteiger partial charge in [-0.15, -0.1) is 0 Å². The molecule has 1 nitrogen and oxygen atoms in total. The first-order valence-corrected chi connectivity index (χ1v) is 4.15. The fraction of sp³-hybridized carbons (Fsp3) is 1.00. The predicted octanol–water partition coefficient (Wildman–Crippen LogP) is 2.19. The Hall–Kier alpha value is -0.180. The third-order valence-corrected chi connectivity index (χ3v) is 2.40. The third-order valence-electron chi connectivity index (χ3n) is 2.40. The summed E-state index contributed by atoms with van der Waals surface area (Å²) in [7, 11) is 0. The van der Waals surface area contributed by atoms with Crippen LogP contribution in [0, 0.1) is 5.92 Å². The topological polar surface area (TPSA) is 20.2 Å². The minimum Gasteiger partial charge on any atom is -0.396 e. The molecule has 1 N–H and O–H groups in total. The first-order valence-electron chi connectivity index (χ1n) is 4.15. The molecule has 0 atom stereocenters. The second kappa shape index (κ2) is 3.48. The van der Waals surface area contributed by atoms with Crippen molar-refractivity contribution in [2.75, 3.05) is 6.61 Å². The van der Waals surface area contributed by atoms with Crippen LogP contribution in [0.4, 0.5) is 8.78 Å². The molecule has 0 unspecified atom stereocenters. The van der Waals surface area contributed by atoms with Crippen LogP contribution in [0.15, 0.2) is 0 Å². The molecule has 0 aromatic heterocycles. The van der Waals surface area contributed by atoms with Crippen LogP contribution in [0.1, 0.15) is 32.1 Å². The van der Waals surface area contributed by atoms with Crippen molar-refractivity contribution in [3.63, 3.8) is 0 Å². The maximum atomic E-state index is 13.0. The van der Waals surface area contributed by atoms with E-state index < -0.39 is 18.4 Å². The summed E-state index contributed by atoms with van der Waals surface area (Å²) in [5.74, 6) is -3.08. The van der Waals surface area contributed by atoms with Crippen LogP contribution in [0.3, 0.4) is 0 Å². The minimum absolute atomic E-state index is 0.363. The summed E-state index contributed by atoms with van der Waals surface area (Å²) in [6.07, 6.45) is 2.75. The van der Waals surface area contributed by atoms with E-state index >= 15 is 0 Å². The summed E-state index contributed by atoms with van der Waals surface area (Å²) in [4.78, 5) is 0. The molecule has 1 aliphatic carbocycles. The van der Waals surface area contributed by atoms with Gasteiger partial charge in [0.15, 0.2) is 0 Å². The van der Waals surface area contributed by atoms with Crippen molar-refractivity contribution in [2.24, 2.45) is 5.92 Å². The number of hydrogen-bond donors (Lipinski definition) is 1. The summed E-state index contributed by atoms with van der Waals surface area (Å²) in [6, 6.07) is 0. The molecule has 0 aromatic carbocycles. The molecule has 0 aromatic rings. The molecule has 0 amide bonds. The Balaban J connectivity index is 2.41. The molecule has 3 heteroatoms. The average Bonchev–Trinajstić information content (AvgIpc) is 2.37. The third kappa shape index (κ3) is 2.12. The van der Waals surface area contributed by atoms with Gasteiger partial charge in [-0.25, -0.2) is 8.78 Å². The van der Waals surface area contributed by atoms with Crippen LogP contribution in [0.2, 0.25) is 0 Å². The van der Waals surface area contributed by atoms with Gasteiger partial charge < -0.3 is 5.11 Å². The van der Waals surface area contributed by atoms with Crippen molar-refractivity contribution in [3.05, 3.63) is 0 Å². The van der Waals surface area contributed by atoms with Gasteiger partial charge in [0.25, 0.3) is 5.92 Å². The lowest BCUT2D eigenvalue weighted by atomic mass is 9.97. The molecule has 66 valence electrons. The first kappa shape index (κ1) is 8.91. The Morgan fingerprint density at radius 2 is 1.82 bits per heavy atom. The molecule has 11 heavy (non-hydrogen) atoms. The van der Waals surface area contributed by atoms with Gasteiger partial charge in [-0.2, -0.15) is 0 Å². The van der Waals surface area contributed by atoms with E-state index in [0.717, 1.165) is 12.8 Å². The fourth-order valence-electron chi connectivity index (χ4n) is 1.70. The van der Waals surface area contributed by atoms with Crippen LogP contribution in [-0.2, 0) is 0 Å². The van der Waals surface area contributed by atoms with Gasteiger partial charge in [0.05, 0.1) is 0 Å². The van der Waals surface area contributed by atoms with E-state index in [1.54, 1.807) is 0 Å². The monoisotopic (exact) mass is 164 g/mol. The molecule has 1 rings (SSSR count). The molecular formula is C8H14F2O. The van der Waals surface area contributed by atoms with Crippen molar-refractivity contribution in [1.82, 2.24) is 0 Å². The van der Waals surface area contributed by atoms with Gasteiger partial charge in [-0.05, 0) is 12.8 Å². The maximum Gasteiger partial charge on any atom is 0.253 e. The van der Waals surface area contributed by atoms with E-state index in [9.17, 15) is 8.78 Å². The number of halogens is 2. The smallest absolute Gasteiger partial charge is 0.253 e. The Labute approximate surface area is 65.4 Å². The molecule has 0 bridgehead atoms. The molecule has 0 radical (unpaired) electrons. The van der Waals surface area contributed by atoms with Gasteiger partial charge in [0, 0.05) is 18.9 Å². The van der Waals surface area contributed by atoms with E-state index in [0.29, 0.717) is 12.8 Å². The number of rotatable bonds is 3. The number of aliphatic hydroxyl groups is 1. The summed E-state index contributed by atoms with van der Waals surface area (Å²) in [5, 5.41) is 8.38. The second-order valence-electron chi connectivity index (χ2n) is 3.22. The van der Waals surface area contributed by atoms with Crippen LogP contribution in [0.25, 0.3) is 0 Å². The quantitative estimate of drug-likeness (QED) is 0.678. The molecular weight excluding hydrogens is 150 g/mol. The fourth-order valence-corrected chi connectivity index (χ4v) is 1.70. The largest absolute Gasteiger partial charge is 0.396 e. The van der Waals surface area contributed by atoms with Crippen LogP contribution in [0.5, 0.6) is 0 Å². The van der Waals surface area contributed by atoms with Gasteiger partial charge in [0.1, 0.15) is 0 Å². The lowest BCUT2D eigenvalue weighted by Crippen LogP contribution is -2.27. The molecule has 1 aliphatic rings. The van der Waals surface area contributed by atoms with Crippen molar-refractivity contribution >= 4 is 0 Å². The van der Waals surface area contributed by atoms with Crippen molar-refractivity contribution < 1.29 is 13.9 Å². The average molecular weight is 164 g/mol. The summed E-state index contributed by atoms with van der Waals surface area (Å²) >= 11 is 0. The number of hydrogen-bond acceptors (Lipinski definition) is 1. The van der Waals surface area contributed by atoms with Gasteiger partial charge in [-0.3, -0.25) is 0 Å². The van der Waals surface area contributed by atoms with Gasteiger partial charge in [0.2, 0.25) is 0 Å². The van der Waals surface area contributed by atoms with Crippen molar-refractivity contribution in [2.45, 2.75) is 38.0 Å². The zero-order valence-corrected chi connectivity index (χ0v) is 6.52. The van der Waals surface area contributed by atoms with Crippen LogP contribution >= 0.6 is 0 Å². The van der Waals surface area contributed by atoms with E-state index in [2.05, 4.69) is 0 Å². The zero-order chi connectivity index (χ0) is 8.32. The Kier molecular flexibility index (Phi) is 2.82. The first-order chi connectivity index (χ1) is 5.17. The molecule has 0 spiro atoms. The van der Waals surface area contributed by atoms with E-state index in [1.165, 1.54) is 0 Å². The lowest BCUT2D eigenvalue weighted by Gasteiger charge is -2.21. The number of aliphatic hydroxyl groups excluding tert-OH is 1. The minimum atomic E-state index is -2.62. The molecule has 0 aliphatic heterocycles. The van der Waals surface area contributed by atoms with E-state index in [1.807, 2.05) is 0 Å². The Morgan fingerprint density at radius 3 is 2.27 bits per heavy atom. The van der Waals surface area contributed by atoms with Crippen molar-refractivity contribution in [1.29, 1.82) is 0 Å². The molecule has 0 heterocycles. The summed E-state index contributed by atoms with van der Waals surface area (Å²) in [5.41, 5.74) is 0. The van der Waals surface area contributed by atoms with Crippen LogP contribution < -0.4 is 0 Å². The lowest BCUT2D eigenvalue weighted by molar-refractivity contribution is -0.0723. The predicted molar refractivity (Wildman–Crippen MR) is 38.6 cm³/mol.